The van der Waals surface area contributed by atoms with E-state index in [9.17, 15) is 14.7 Å². The predicted octanol–water partition coefficient (Wildman–Crippen LogP) is 3.12. The Morgan fingerprint density at radius 2 is 2.00 bits per heavy atom. The summed E-state index contributed by atoms with van der Waals surface area (Å²) in [5.74, 6) is 0.112. The van der Waals surface area contributed by atoms with Gasteiger partial charge in [0.2, 0.25) is 5.88 Å². The summed E-state index contributed by atoms with van der Waals surface area (Å²) in [6, 6.07) is 11.0. The molecule has 0 saturated heterocycles. The highest BCUT2D eigenvalue weighted by atomic mass is 32.1. The maximum absolute atomic E-state index is 11.4. The zero-order valence-corrected chi connectivity index (χ0v) is 16.3. The molecule has 0 aliphatic heterocycles. The highest BCUT2D eigenvalue weighted by molar-refractivity contribution is 7.09. The number of benzene rings is 1. The Hall–Kier alpha value is -3.13. The number of aromatic nitrogens is 2. The number of carbonyl (C=O) groups excluding carboxylic acids is 1. The van der Waals surface area contributed by atoms with Gasteiger partial charge in [0.05, 0.1) is 10.6 Å². The largest absolute Gasteiger partial charge is 0.494 e. The first kappa shape index (κ1) is 19.6. The summed E-state index contributed by atoms with van der Waals surface area (Å²) >= 11 is 0.984. The third-order valence-electron chi connectivity index (χ3n) is 3.96. The molecule has 146 valence electrons. The van der Waals surface area contributed by atoms with E-state index < -0.39 is 12.1 Å². The van der Waals surface area contributed by atoms with E-state index in [0.717, 1.165) is 22.5 Å². The Balaban J connectivity index is 1.64. The molecule has 0 aliphatic rings. The van der Waals surface area contributed by atoms with Crippen molar-refractivity contribution in [2.75, 3.05) is 6.61 Å². The smallest absolute Gasteiger partial charge is 0.307 e. The van der Waals surface area contributed by atoms with Gasteiger partial charge in [-0.15, -0.1) is 0 Å². The topological polar surface area (TPSA) is 102 Å². The summed E-state index contributed by atoms with van der Waals surface area (Å²) in [7, 11) is 0. The van der Waals surface area contributed by atoms with Gasteiger partial charge in [0.25, 0.3) is 0 Å². The number of nitrogens with zero attached hydrogens (tertiary/aromatic N) is 1. The lowest BCUT2D eigenvalue weighted by Gasteiger charge is -2.17. The number of thiazole rings is 1. The fourth-order valence-corrected chi connectivity index (χ4v) is 3.34. The molecule has 0 radical (unpaired) electrons. The number of hydrogen-bond acceptors (Lipinski definition) is 7. The summed E-state index contributed by atoms with van der Waals surface area (Å²) in [6.45, 7) is 3.41. The number of H-pyrrole nitrogens is 1. The van der Waals surface area contributed by atoms with Crippen LogP contribution < -0.4 is 9.61 Å². The normalized spacial score (nSPS) is 11.8. The molecular formula is C20H20N2O5S. The number of ether oxygens (including phenoxy) is 2. The van der Waals surface area contributed by atoms with E-state index in [0.29, 0.717) is 22.7 Å². The second-order valence-corrected chi connectivity index (χ2v) is 7.34. The van der Waals surface area contributed by atoms with Crippen LogP contribution in [-0.2, 0) is 16.0 Å². The maximum atomic E-state index is 11.4. The van der Waals surface area contributed by atoms with Gasteiger partial charge in [0.1, 0.15) is 12.4 Å². The molecule has 7 nitrogen and oxygen atoms in total. The van der Waals surface area contributed by atoms with Gasteiger partial charge in [-0.05, 0) is 36.2 Å². The Labute approximate surface area is 165 Å². The van der Waals surface area contributed by atoms with Crippen LogP contribution in [0.4, 0.5) is 0 Å². The lowest BCUT2D eigenvalue weighted by Crippen LogP contribution is -2.17. The standard InChI is InChI=1S/C20H20N2O5S/c1-12-3-8-16(21-10-12)17(27-13(2)23)11-26-15-6-4-14(5-7-15)9-18-19(24)22-20(25)28-18/h3-8,10,17,24H,9,11H2,1-2H3,(H,22,25). The van der Waals surface area contributed by atoms with Gasteiger partial charge in [0, 0.05) is 19.5 Å². The number of hydrogen-bond donors (Lipinski definition) is 2. The van der Waals surface area contributed by atoms with Crippen LogP contribution in [-0.4, -0.2) is 27.7 Å². The van der Waals surface area contributed by atoms with Crippen LogP contribution in [0.5, 0.6) is 11.6 Å². The first-order valence-electron chi connectivity index (χ1n) is 8.63. The molecule has 1 aromatic carbocycles. The van der Waals surface area contributed by atoms with Gasteiger partial charge < -0.3 is 14.6 Å². The van der Waals surface area contributed by atoms with Crippen molar-refractivity contribution in [1.82, 2.24) is 9.97 Å². The van der Waals surface area contributed by atoms with Crippen molar-refractivity contribution in [3.63, 3.8) is 0 Å². The van der Waals surface area contributed by atoms with E-state index in [4.69, 9.17) is 9.47 Å². The van der Waals surface area contributed by atoms with E-state index in [1.807, 2.05) is 31.2 Å². The van der Waals surface area contributed by atoms with Crippen molar-refractivity contribution >= 4 is 17.3 Å². The molecule has 0 aliphatic carbocycles. The second-order valence-electron chi connectivity index (χ2n) is 6.28. The molecule has 0 amide bonds. The molecule has 1 atom stereocenters. The molecular weight excluding hydrogens is 380 g/mol. The van der Waals surface area contributed by atoms with Gasteiger partial charge in [0.15, 0.2) is 6.10 Å². The van der Waals surface area contributed by atoms with Crippen LogP contribution in [0.25, 0.3) is 0 Å². The molecule has 0 bridgehead atoms. The van der Waals surface area contributed by atoms with E-state index in [-0.39, 0.29) is 17.4 Å². The molecule has 0 spiro atoms. The highest BCUT2D eigenvalue weighted by Gasteiger charge is 2.17. The highest BCUT2D eigenvalue weighted by Crippen LogP contribution is 2.23. The minimum Gasteiger partial charge on any atom is -0.494 e. The molecule has 3 rings (SSSR count). The quantitative estimate of drug-likeness (QED) is 0.591. The summed E-state index contributed by atoms with van der Waals surface area (Å²) in [4.78, 5) is 29.6. The lowest BCUT2D eigenvalue weighted by atomic mass is 10.1. The molecule has 8 heteroatoms. The average molecular weight is 400 g/mol. The molecule has 0 fully saturated rings. The second kappa shape index (κ2) is 8.71. The number of rotatable bonds is 7. The van der Waals surface area contributed by atoms with Gasteiger partial charge in [-0.3, -0.25) is 19.6 Å². The molecule has 3 aromatic rings. The van der Waals surface area contributed by atoms with Crippen LogP contribution in [0.1, 0.15) is 34.7 Å². The monoisotopic (exact) mass is 400 g/mol. The van der Waals surface area contributed by atoms with E-state index >= 15 is 0 Å². The van der Waals surface area contributed by atoms with Crippen LogP contribution in [0.15, 0.2) is 47.4 Å². The zero-order valence-electron chi connectivity index (χ0n) is 15.5. The number of aromatic amines is 1. The van der Waals surface area contributed by atoms with Crippen LogP contribution >= 0.6 is 11.3 Å². The van der Waals surface area contributed by atoms with Crippen molar-refractivity contribution in [2.24, 2.45) is 0 Å². The number of pyridine rings is 1. The molecule has 2 aromatic heterocycles. The average Bonchev–Trinajstić information content (AvgIpc) is 2.97. The third-order valence-corrected chi connectivity index (χ3v) is 4.83. The predicted molar refractivity (Wildman–Crippen MR) is 105 cm³/mol. The van der Waals surface area contributed by atoms with Crippen LogP contribution in [0, 0.1) is 6.92 Å². The minimum atomic E-state index is -0.605. The van der Waals surface area contributed by atoms with Crippen molar-refractivity contribution in [2.45, 2.75) is 26.4 Å². The molecule has 1 unspecified atom stereocenters. The lowest BCUT2D eigenvalue weighted by molar-refractivity contribution is -0.148. The Bertz CT molecular complexity index is 993. The number of aromatic hydroxyl groups is 1. The van der Waals surface area contributed by atoms with E-state index in [1.165, 1.54) is 6.92 Å². The number of carbonyl (C=O) groups is 1. The summed E-state index contributed by atoms with van der Waals surface area (Å²) < 4.78 is 11.1. The SMILES string of the molecule is CC(=O)OC(COc1ccc(Cc2sc(=O)[nH]c2O)cc1)c1ccc(C)cn1. The Morgan fingerprint density at radius 1 is 1.25 bits per heavy atom. The Kier molecular flexibility index (Phi) is 6.10. The summed E-state index contributed by atoms with van der Waals surface area (Å²) in [5, 5.41) is 9.67. The summed E-state index contributed by atoms with van der Waals surface area (Å²) in [6.07, 6.45) is 1.55. The van der Waals surface area contributed by atoms with Crippen molar-refractivity contribution in [1.29, 1.82) is 0 Å². The molecule has 2 heterocycles. The van der Waals surface area contributed by atoms with Gasteiger partial charge in [-0.2, -0.15) is 0 Å². The fourth-order valence-electron chi connectivity index (χ4n) is 2.58. The van der Waals surface area contributed by atoms with E-state index in [1.54, 1.807) is 18.3 Å². The zero-order chi connectivity index (χ0) is 20.1. The van der Waals surface area contributed by atoms with Gasteiger partial charge >= 0.3 is 10.8 Å². The first-order chi connectivity index (χ1) is 13.4. The van der Waals surface area contributed by atoms with Gasteiger partial charge in [-0.25, -0.2) is 0 Å². The van der Waals surface area contributed by atoms with E-state index in [2.05, 4.69) is 9.97 Å². The number of nitrogens with one attached hydrogen (secondary N) is 1. The van der Waals surface area contributed by atoms with Crippen molar-refractivity contribution in [3.05, 3.63) is 74.0 Å². The molecule has 28 heavy (non-hydrogen) atoms. The van der Waals surface area contributed by atoms with Crippen LogP contribution in [0.2, 0.25) is 0 Å². The molecule has 0 saturated carbocycles. The number of esters is 1. The maximum Gasteiger partial charge on any atom is 0.307 e. The van der Waals surface area contributed by atoms with Crippen molar-refractivity contribution < 1.29 is 19.4 Å². The Morgan fingerprint density at radius 3 is 2.57 bits per heavy atom. The molecule has 2 N–H and O–H groups in total. The summed E-state index contributed by atoms with van der Waals surface area (Å²) in [5.41, 5.74) is 2.56. The van der Waals surface area contributed by atoms with Crippen molar-refractivity contribution in [3.8, 4) is 11.6 Å². The van der Waals surface area contributed by atoms with Gasteiger partial charge in [-0.1, -0.05) is 29.5 Å². The number of aryl methyl sites for hydroxylation is 1. The third kappa shape index (κ3) is 5.20. The fraction of sp³-hybridized carbons (Fsp3) is 0.250. The first-order valence-corrected chi connectivity index (χ1v) is 9.45. The van der Waals surface area contributed by atoms with Crippen LogP contribution in [0.3, 0.4) is 0 Å². The minimum absolute atomic E-state index is 0.0925.